The van der Waals surface area contributed by atoms with Crippen molar-refractivity contribution in [2.24, 2.45) is 0 Å². The van der Waals surface area contributed by atoms with E-state index in [0.717, 1.165) is 13.1 Å². The second-order valence-corrected chi connectivity index (χ2v) is 4.70. The largest absolute Gasteiger partial charge is 0.364 e. The van der Waals surface area contributed by atoms with Crippen molar-refractivity contribution in [3.05, 3.63) is 35.4 Å². The van der Waals surface area contributed by atoms with Crippen LogP contribution in [0.1, 0.15) is 43.6 Å². The maximum atomic E-state index is 6.10. The van der Waals surface area contributed by atoms with Crippen LogP contribution in [0.2, 0.25) is 0 Å². The predicted molar refractivity (Wildman–Crippen MR) is 64.3 cm³/mol. The zero-order chi connectivity index (χ0) is 11.1. The van der Waals surface area contributed by atoms with E-state index in [-0.39, 0.29) is 0 Å². The van der Waals surface area contributed by atoms with E-state index in [2.05, 4.69) is 43.0 Å². The quantitative estimate of drug-likeness (QED) is 0.772. The minimum atomic E-state index is 0.320. The molecule has 2 nitrogen and oxygen atoms in total. The van der Waals surface area contributed by atoms with Crippen LogP contribution >= 0.6 is 0 Å². The van der Waals surface area contributed by atoms with Crippen LogP contribution in [-0.4, -0.2) is 24.0 Å². The smallest absolute Gasteiger partial charge is 0.0993 e. The van der Waals surface area contributed by atoms with Gasteiger partial charge in [-0.15, -0.1) is 0 Å². The predicted octanol–water partition coefficient (Wildman–Crippen LogP) is 2.91. The fourth-order valence-corrected chi connectivity index (χ4v) is 3.24. The van der Waals surface area contributed by atoms with E-state index in [1.807, 2.05) is 0 Å². The molecule has 16 heavy (non-hydrogen) atoms. The lowest BCUT2D eigenvalue weighted by molar-refractivity contribution is 0.0454. The molecule has 3 rings (SSSR count). The molecule has 0 radical (unpaired) electrons. The Labute approximate surface area is 97.2 Å². The monoisotopic (exact) mass is 217 g/mol. The van der Waals surface area contributed by atoms with Crippen LogP contribution in [0.4, 0.5) is 0 Å². The SMILES string of the molecule is CCN(CC)[C@@H]1C[C@@H]2O[C@H]1c1ccccc12. The van der Waals surface area contributed by atoms with Gasteiger partial charge in [0.15, 0.2) is 0 Å². The van der Waals surface area contributed by atoms with Crippen molar-refractivity contribution in [2.45, 2.75) is 38.5 Å². The number of hydrogen-bond donors (Lipinski definition) is 0. The minimum Gasteiger partial charge on any atom is -0.364 e. The van der Waals surface area contributed by atoms with Crippen molar-refractivity contribution in [3.8, 4) is 0 Å². The van der Waals surface area contributed by atoms with Crippen LogP contribution in [0, 0.1) is 0 Å². The summed E-state index contributed by atoms with van der Waals surface area (Å²) in [6.45, 7) is 6.72. The number of rotatable bonds is 3. The molecule has 2 aliphatic rings. The minimum absolute atomic E-state index is 0.320. The van der Waals surface area contributed by atoms with Gasteiger partial charge in [-0.05, 0) is 30.6 Å². The number of fused-ring (bicyclic) bond motifs is 5. The summed E-state index contributed by atoms with van der Waals surface area (Å²) >= 11 is 0. The molecule has 2 heteroatoms. The summed E-state index contributed by atoms with van der Waals surface area (Å²) < 4.78 is 6.10. The van der Waals surface area contributed by atoms with Crippen LogP contribution < -0.4 is 0 Å². The normalized spacial score (nSPS) is 31.1. The van der Waals surface area contributed by atoms with Crippen molar-refractivity contribution in [3.63, 3.8) is 0 Å². The Balaban J connectivity index is 1.91. The van der Waals surface area contributed by atoms with Gasteiger partial charge in [0.2, 0.25) is 0 Å². The number of benzene rings is 1. The zero-order valence-electron chi connectivity index (χ0n) is 10.0. The lowest BCUT2D eigenvalue weighted by atomic mass is 9.87. The third-order valence-electron chi connectivity index (χ3n) is 4.05. The molecule has 1 saturated heterocycles. The average Bonchev–Trinajstić information content (AvgIpc) is 2.90. The number of hydrogen-bond acceptors (Lipinski definition) is 2. The van der Waals surface area contributed by atoms with Gasteiger partial charge in [-0.1, -0.05) is 38.1 Å². The Morgan fingerprint density at radius 1 is 1.19 bits per heavy atom. The molecule has 2 bridgehead atoms. The van der Waals surface area contributed by atoms with E-state index in [1.54, 1.807) is 0 Å². The summed E-state index contributed by atoms with van der Waals surface area (Å²) in [6.07, 6.45) is 1.84. The molecule has 1 aromatic carbocycles. The number of ether oxygens (including phenoxy) is 1. The summed E-state index contributed by atoms with van der Waals surface area (Å²) in [4.78, 5) is 2.53. The van der Waals surface area contributed by atoms with Crippen molar-refractivity contribution < 1.29 is 4.74 Å². The zero-order valence-corrected chi connectivity index (χ0v) is 10.0. The highest BCUT2D eigenvalue weighted by Crippen LogP contribution is 2.51. The van der Waals surface area contributed by atoms with Gasteiger partial charge in [-0.3, -0.25) is 4.90 Å². The first-order valence-electron chi connectivity index (χ1n) is 6.33. The highest BCUT2D eigenvalue weighted by atomic mass is 16.5. The second-order valence-electron chi connectivity index (χ2n) is 4.70. The molecule has 0 unspecified atom stereocenters. The first-order valence-corrected chi connectivity index (χ1v) is 6.33. The van der Waals surface area contributed by atoms with Crippen LogP contribution in [0.3, 0.4) is 0 Å². The molecule has 0 N–H and O–H groups in total. The molecule has 2 aliphatic heterocycles. The average molecular weight is 217 g/mol. The number of nitrogens with zero attached hydrogens (tertiary/aromatic N) is 1. The van der Waals surface area contributed by atoms with Crippen molar-refractivity contribution >= 4 is 0 Å². The van der Waals surface area contributed by atoms with Gasteiger partial charge >= 0.3 is 0 Å². The Hall–Kier alpha value is -0.860. The molecular weight excluding hydrogens is 198 g/mol. The first-order chi connectivity index (χ1) is 7.85. The molecule has 0 spiro atoms. The lowest BCUT2D eigenvalue weighted by Crippen LogP contribution is -2.38. The van der Waals surface area contributed by atoms with Crippen LogP contribution in [0.15, 0.2) is 24.3 Å². The first kappa shape index (κ1) is 10.3. The summed E-state index contributed by atoms with van der Waals surface area (Å²) in [6, 6.07) is 9.29. The summed E-state index contributed by atoms with van der Waals surface area (Å²) in [5.41, 5.74) is 2.85. The third-order valence-corrected chi connectivity index (χ3v) is 4.05. The highest BCUT2D eigenvalue weighted by Gasteiger charge is 2.46. The standard InChI is InChI=1S/C14H19NO/c1-3-15(4-2)12-9-13-10-7-5-6-8-11(10)14(12)16-13/h5-8,12-14H,3-4,9H2,1-2H3/t12-,13+,14+/m1/s1. The summed E-state index contributed by atoms with van der Waals surface area (Å²) in [7, 11) is 0. The van der Waals surface area contributed by atoms with Gasteiger partial charge in [0.1, 0.15) is 0 Å². The second kappa shape index (κ2) is 3.86. The Morgan fingerprint density at radius 2 is 1.88 bits per heavy atom. The molecule has 2 heterocycles. The van der Waals surface area contributed by atoms with Gasteiger partial charge in [-0.25, -0.2) is 0 Å². The molecular formula is C14H19NO. The van der Waals surface area contributed by atoms with E-state index in [0.29, 0.717) is 18.2 Å². The van der Waals surface area contributed by atoms with E-state index < -0.39 is 0 Å². The molecule has 0 aliphatic carbocycles. The number of likely N-dealkylation sites (N-methyl/N-ethyl adjacent to an activating group) is 1. The van der Waals surface area contributed by atoms with Crippen LogP contribution in [0.5, 0.6) is 0 Å². The van der Waals surface area contributed by atoms with Crippen LogP contribution in [-0.2, 0) is 4.74 Å². The fourth-order valence-electron chi connectivity index (χ4n) is 3.24. The van der Waals surface area contributed by atoms with Crippen molar-refractivity contribution in [1.29, 1.82) is 0 Å². The molecule has 1 fully saturated rings. The van der Waals surface area contributed by atoms with Gasteiger partial charge < -0.3 is 4.74 Å². The van der Waals surface area contributed by atoms with E-state index >= 15 is 0 Å². The Bertz CT molecular complexity index is 386. The van der Waals surface area contributed by atoms with E-state index in [9.17, 15) is 0 Å². The molecule has 0 aromatic heterocycles. The van der Waals surface area contributed by atoms with Gasteiger partial charge in [0.25, 0.3) is 0 Å². The van der Waals surface area contributed by atoms with Crippen molar-refractivity contribution in [2.75, 3.05) is 13.1 Å². The Morgan fingerprint density at radius 3 is 2.56 bits per heavy atom. The Kier molecular flexibility index (Phi) is 2.49. The topological polar surface area (TPSA) is 12.5 Å². The highest BCUT2D eigenvalue weighted by molar-refractivity contribution is 5.38. The summed E-state index contributed by atoms with van der Waals surface area (Å²) in [5.74, 6) is 0. The molecule has 1 aromatic rings. The van der Waals surface area contributed by atoms with Gasteiger partial charge in [-0.2, -0.15) is 0 Å². The van der Waals surface area contributed by atoms with E-state index in [4.69, 9.17) is 4.74 Å². The van der Waals surface area contributed by atoms with Gasteiger partial charge in [0, 0.05) is 6.04 Å². The molecule has 3 atom stereocenters. The molecule has 86 valence electrons. The lowest BCUT2D eigenvalue weighted by Gasteiger charge is -2.31. The fraction of sp³-hybridized carbons (Fsp3) is 0.571. The van der Waals surface area contributed by atoms with Gasteiger partial charge in [0.05, 0.1) is 12.2 Å². The van der Waals surface area contributed by atoms with E-state index in [1.165, 1.54) is 17.5 Å². The third kappa shape index (κ3) is 1.33. The molecule has 0 saturated carbocycles. The summed E-state index contributed by atoms with van der Waals surface area (Å²) in [5, 5.41) is 0. The van der Waals surface area contributed by atoms with Crippen LogP contribution in [0.25, 0.3) is 0 Å². The molecule has 0 amide bonds. The maximum Gasteiger partial charge on any atom is 0.0993 e. The maximum absolute atomic E-state index is 6.10. The van der Waals surface area contributed by atoms with Crippen molar-refractivity contribution in [1.82, 2.24) is 4.90 Å².